The molecule has 2 atom stereocenters. The van der Waals surface area contributed by atoms with Crippen molar-refractivity contribution in [1.82, 2.24) is 19.9 Å². The number of fused-ring (bicyclic) bond motifs is 3. The van der Waals surface area contributed by atoms with Crippen molar-refractivity contribution >= 4 is 0 Å². The maximum Gasteiger partial charge on any atom is 0.416 e. The zero-order valence-corrected chi connectivity index (χ0v) is 13.2. The molecule has 0 saturated carbocycles. The average molecular weight is 356 g/mol. The molecule has 134 valence electrons. The minimum atomic E-state index is -4.54. The standard InChI is InChI=1S/C16H16F4N4O/c17-13-5-11(16(18,19)20)2-1-10(13)7-23-4-3-14-15(8-23)25-9-12-6-21-22-24(12)14/h1-2,5-6,14-15H,3-4,7-9H2/t14-,15-/m0/s1. The highest BCUT2D eigenvalue weighted by Gasteiger charge is 2.36. The number of benzene rings is 1. The monoisotopic (exact) mass is 356 g/mol. The van der Waals surface area contributed by atoms with Crippen LogP contribution in [-0.2, 0) is 24.1 Å². The second-order valence-electron chi connectivity index (χ2n) is 6.41. The third kappa shape index (κ3) is 3.13. The van der Waals surface area contributed by atoms with E-state index in [1.165, 1.54) is 6.07 Å². The fraction of sp³-hybridized carbons (Fsp3) is 0.500. The predicted molar refractivity (Wildman–Crippen MR) is 78.9 cm³/mol. The van der Waals surface area contributed by atoms with Crippen molar-refractivity contribution in [3.8, 4) is 0 Å². The minimum absolute atomic E-state index is 0.0829. The van der Waals surface area contributed by atoms with Gasteiger partial charge < -0.3 is 4.74 Å². The van der Waals surface area contributed by atoms with Crippen LogP contribution in [0.3, 0.4) is 0 Å². The van der Waals surface area contributed by atoms with E-state index in [4.69, 9.17) is 4.74 Å². The van der Waals surface area contributed by atoms with Gasteiger partial charge in [0, 0.05) is 25.2 Å². The number of aromatic nitrogens is 3. The van der Waals surface area contributed by atoms with Crippen molar-refractivity contribution in [2.45, 2.75) is 37.9 Å². The van der Waals surface area contributed by atoms with Crippen molar-refractivity contribution in [1.29, 1.82) is 0 Å². The summed E-state index contributed by atoms with van der Waals surface area (Å²) in [5, 5.41) is 8.00. The molecule has 0 spiro atoms. The number of piperidine rings is 1. The molecule has 4 rings (SSSR count). The molecule has 9 heteroatoms. The van der Waals surface area contributed by atoms with Crippen LogP contribution >= 0.6 is 0 Å². The summed E-state index contributed by atoms with van der Waals surface area (Å²) in [6.07, 6.45) is -2.17. The van der Waals surface area contributed by atoms with Crippen molar-refractivity contribution in [3.63, 3.8) is 0 Å². The fourth-order valence-corrected chi connectivity index (χ4v) is 3.49. The van der Waals surface area contributed by atoms with E-state index < -0.39 is 17.6 Å². The van der Waals surface area contributed by atoms with Crippen LogP contribution in [0.2, 0.25) is 0 Å². The van der Waals surface area contributed by atoms with E-state index in [1.54, 1.807) is 6.20 Å². The first kappa shape index (κ1) is 16.5. The van der Waals surface area contributed by atoms with Crippen LogP contribution in [0.15, 0.2) is 24.4 Å². The Morgan fingerprint density at radius 1 is 1.28 bits per heavy atom. The third-order valence-corrected chi connectivity index (χ3v) is 4.79. The normalized spacial score (nSPS) is 24.0. The van der Waals surface area contributed by atoms with Gasteiger partial charge in [0.15, 0.2) is 0 Å². The zero-order chi connectivity index (χ0) is 17.6. The summed E-state index contributed by atoms with van der Waals surface area (Å²) < 4.78 is 59.7. The topological polar surface area (TPSA) is 43.2 Å². The summed E-state index contributed by atoms with van der Waals surface area (Å²) in [6.45, 7) is 1.94. The maximum atomic E-state index is 14.0. The van der Waals surface area contributed by atoms with Crippen LogP contribution in [0, 0.1) is 5.82 Å². The number of likely N-dealkylation sites (tertiary alicyclic amines) is 1. The van der Waals surface area contributed by atoms with Gasteiger partial charge in [-0.15, -0.1) is 5.10 Å². The summed E-state index contributed by atoms with van der Waals surface area (Å²) in [4.78, 5) is 1.99. The third-order valence-electron chi connectivity index (χ3n) is 4.79. The summed E-state index contributed by atoms with van der Waals surface area (Å²) in [5.41, 5.74) is 0.217. The number of hydrogen-bond donors (Lipinski definition) is 0. The van der Waals surface area contributed by atoms with E-state index in [0.29, 0.717) is 25.8 Å². The summed E-state index contributed by atoms with van der Waals surface area (Å²) in [6, 6.07) is 2.78. The molecule has 0 N–H and O–H groups in total. The lowest BCUT2D eigenvalue weighted by Gasteiger charge is -2.41. The van der Waals surface area contributed by atoms with Gasteiger partial charge in [0.25, 0.3) is 0 Å². The molecule has 1 aromatic carbocycles. The van der Waals surface area contributed by atoms with Crippen molar-refractivity contribution in [2.24, 2.45) is 0 Å². The van der Waals surface area contributed by atoms with Gasteiger partial charge in [-0.2, -0.15) is 13.2 Å². The van der Waals surface area contributed by atoms with Gasteiger partial charge in [0.05, 0.1) is 36.2 Å². The molecule has 3 heterocycles. The number of ether oxygens (including phenoxy) is 1. The molecule has 2 aliphatic heterocycles. The Bertz CT molecular complexity index is 776. The lowest BCUT2D eigenvalue weighted by atomic mass is 9.99. The van der Waals surface area contributed by atoms with E-state index in [2.05, 4.69) is 10.3 Å². The van der Waals surface area contributed by atoms with E-state index in [1.807, 2.05) is 9.58 Å². The Labute approximate surface area is 141 Å². The molecular formula is C16H16F4N4O. The molecule has 5 nitrogen and oxygen atoms in total. The molecule has 1 aromatic heterocycles. The highest BCUT2D eigenvalue weighted by Crippen LogP contribution is 2.33. The van der Waals surface area contributed by atoms with Crippen LogP contribution in [0.4, 0.5) is 17.6 Å². The van der Waals surface area contributed by atoms with Crippen LogP contribution in [0.1, 0.15) is 29.3 Å². The van der Waals surface area contributed by atoms with Gasteiger partial charge >= 0.3 is 6.18 Å². The molecule has 1 saturated heterocycles. The van der Waals surface area contributed by atoms with Gasteiger partial charge in [-0.3, -0.25) is 4.90 Å². The molecular weight excluding hydrogens is 340 g/mol. The van der Waals surface area contributed by atoms with Gasteiger partial charge in [-0.1, -0.05) is 11.3 Å². The summed E-state index contributed by atoms with van der Waals surface area (Å²) >= 11 is 0. The van der Waals surface area contributed by atoms with Gasteiger partial charge in [-0.25, -0.2) is 9.07 Å². The molecule has 0 aliphatic carbocycles. The lowest BCUT2D eigenvalue weighted by Crippen LogP contribution is -2.48. The Kier molecular flexibility index (Phi) is 3.99. The quantitative estimate of drug-likeness (QED) is 0.776. The smallest absolute Gasteiger partial charge is 0.368 e. The van der Waals surface area contributed by atoms with E-state index in [0.717, 1.165) is 18.2 Å². The van der Waals surface area contributed by atoms with Gasteiger partial charge in [0.1, 0.15) is 5.82 Å². The largest absolute Gasteiger partial charge is 0.416 e. The number of hydrogen-bond acceptors (Lipinski definition) is 4. The SMILES string of the molecule is Fc1cc(C(F)(F)F)ccc1CN1CC[C@H]2[C@H](C1)OCc1cnnn12. The first-order valence-corrected chi connectivity index (χ1v) is 8.00. The van der Waals surface area contributed by atoms with Crippen LogP contribution in [-0.4, -0.2) is 39.1 Å². The van der Waals surface area contributed by atoms with Crippen LogP contribution in [0.25, 0.3) is 0 Å². The van der Waals surface area contributed by atoms with E-state index in [-0.39, 0.29) is 24.3 Å². The first-order valence-electron chi connectivity index (χ1n) is 8.00. The van der Waals surface area contributed by atoms with Crippen molar-refractivity contribution < 1.29 is 22.3 Å². The molecule has 25 heavy (non-hydrogen) atoms. The number of nitrogens with zero attached hydrogens (tertiary/aromatic N) is 4. The molecule has 1 fully saturated rings. The molecule has 0 unspecified atom stereocenters. The molecule has 0 amide bonds. The van der Waals surface area contributed by atoms with Crippen molar-refractivity contribution in [3.05, 3.63) is 47.0 Å². The second-order valence-corrected chi connectivity index (χ2v) is 6.41. The zero-order valence-electron chi connectivity index (χ0n) is 13.2. The summed E-state index contributed by atoms with van der Waals surface area (Å²) in [7, 11) is 0. The number of halogens is 4. The molecule has 2 aliphatic rings. The number of alkyl halides is 3. The van der Waals surface area contributed by atoms with Gasteiger partial charge in [-0.05, 0) is 18.6 Å². The Morgan fingerprint density at radius 2 is 2.12 bits per heavy atom. The number of rotatable bonds is 2. The predicted octanol–water partition coefficient (Wildman–Crippen LogP) is 2.78. The highest BCUT2D eigenvalue weighted by molar-refractivity contribution is 5.26. The highest BCUT2D eigenvalue weighted by atomic mass is 19.4. The Balaban J connectivity index is 1.45. The molecule has 0 bridgehead atoms. The van der Waals surface area contributed by atoms with Gasteiger partial charge in [0.2, 0.25) is 0 Å². The van der Waals surface area contributed by atoms with Crippen LogP contribution in [0.5, 0.6) is 0 Å². The fourth-order valence-electron chi connectivity index (χ4n) is 3.49. The Morgan fingerprint density at radius 3 is 2.88 bits per heavy atom. The maximum absolute atomic E-state index is 14.0. The van der Waals surface area contributed by atoms with Crippen molar-refractivity contribution in [2.75, 3.05) is 13.1 Å². The first-order chi connectivity index (χ1) is 11.9. The second kappa shape index (κ2) is 6.06. The lowest BCUT2D eigenvalue weighted by molar-refractivity contribution is -0.137. The minimum Gasteiger partial charge on any atom is -0.368 e. The van der Waals surface area contributed by atoms with E-state index >= 15 is 0 Å². The summed E-state index contributed by atoms with van der Waals surface area (Å²) in [5.74, 6) is -0.833. The van der Waals surface area contributed by atoms with E-state index in [9.17, 15) is 17.6 Å². The molecule has 0 radical (unpaired) electrons. The molecule has 2 aromatic rings. The Hall–Kier alpha value is -2.00. The van der Waals surface area contributed by atoms with Crippen LogP contribution < -0.4 is 0 Å². The average Bonchev–Trinajstić information content (AvgIpc) is 3.04.